The van der Waals surface area contributed by atoms with E-state index < -0.39 is 10.0 Å². The van der Waals surface area contributed by atoms with Crippen molar-refractivity contribution >= 4 is 21.6 Å². The van der Waals surface area contributed by atoms with Gasteiger partial charge in [-0.2, -0.15) is 4.31 Å². The summed E-state index contributed by atoms with van der Waals surface area (Å²) >= 11 is 0. The molecule has 0 saturated carbocycles. The molecular formula is C19H24N2O5S. The van der Waals surface area contributed by atoms with Crippen LogP contribution in [-0.4, -0.2) is 51.7 Å². The highest BCUT2D eigenvalue weighted by Gasteiger charge is 2.18. The number of methoxy groups -OCH3 is 1. The summed E-state index contributed by atoms with van der Waals surface area (Å²) in [6, 6.07) is 16.0. The Morgan fingerprint density at radius 1 is 1.00 bits per heavy atom. The molecule has 0 bridgehead atoms. The van der Waals surface area contributed by atoms with E-state index in [-0.39, 0.29) is 32.0 Å². The van der Waals surface area contributed by atoms with Crippen LogP contribution in [0.5, 0.6) is 11.5 Å². The summed E-state index contributed by atoms with van der Waals surface area (Å²) in [7, 11) is -1.87. The second kappa shape index (κ2) is 9.94. The summed E-state index contributed by atoms with van der Waals surface area (Å²) in [6.07, 6.45) is 1.18. The number of sulfonamides is 1. The number of benzene rings is 2. The molecule has 0 atom stereocenters. The molecule has 0 unspecified atom stereocenters. The molecule has 0 aliphatic heterocycles. The number of rotatable bonds is 10. The van der Waals surface area contributed by atoms with Crippen LogP contribution in [0.4, 0.5) is 5.69 Å². The smallest absolute Gasteiger partial charge is 0.225 e. The molecule has 0 heterocycles. The van der Waals surface area contributed by atoms with Crippen molar-refractivity contribution in [2.24, 2.45) is 0 Å². The van der Waals surface area contributed by atoms with Crippen molar-refractivity contribution < 1.29 is 22.7 Å². The topological polar surface area (TPSA) is 84.9 Å². The number of nitrogens with zero attached hydrogens (tertiary/aromatic N) is 1. The summed E-state index contributed by atoms with van der Waals surface area (Å²) in [6.45, 7) is 0.423. The maximum atomic E-state index is 12.0. The second-order valence-electron chi connectivity index (χ2n) is 5.85. The summed E-state index contributed by atoms with van der Waals surface area (Å²) in [5, 5.41) is 2.74. The SMILES string of the molecule is COc1ccc(OCCN(CCC(=O)Nc2ccccc2)S(C)(=O)=O)cc1. The number of carbonyl (C=O) groups excluding carboxylic acids is 1. The first kappa shape index (κ1) is 20.7. The number of hydrogen-bond acceptors (Lipinski definition) is 5. The third-order valence-corrected chi connectivity index (χ3v) is 5.09. The average Bonchev–Trinajstić information content (AvgIpc) is 2.64. The first-order chi connectivity index (χ1) is 12.9. The molecule has 2 aromatic carbocycles. The Morgan fingerprint density at radius 3 is 2.22 bits per heavy atom. The monoisotopic (exact) mass is 392 g/mol. The van der Waals surface area contributed by atoms with Gasteiger partial charge in [-0.05, 0) is 36.4 Å². The molecule has 7 nitrogen and oxygen atoms in total. The predicted octanol–water partition coefficient (Wildman–Crippen LogP) is 2.36. The zero-order valence-electron chi connectivity index (χ0n) is 15.4. The Kier molecular flexibility index (Phi) is 7.63. The van der Waals surface area contributed by atoms with Gasteiger partial charge in [0.2, 0.25) is 15.9 Å². The van der Waals surface area contributed by atoms with Crippen LogP contribution in [0.2, 0.25) is 0 Å². The van der Waals surface area contributed by atoms with E-state index in [0.717, 1.165) is 6.26 Å². The Balaban J connectivity index is 1.83. The second-order valence-corrected chi connectivity index (χ2v) is 7.83. The van der Waals surface area contributed by atoms with Crippen molar-refractivity contribution in [1.82, 2.24) is 4.31 Å². The number of carbonyl (C=O) groups is 1. The molecule has 1 amide bonds. The van der Waals surface area contributed by atoms with E-state index in [4.69, 9.17) is 9.47 Å². The minimum absolute atomic E-state index is 0.0600. The number of para-hydroxylation sites is 1. The van der Waals surface area contributed by atoms with Crippen LogP contribution in [0.1, 0.15) is 6.42 Å². The molecule has 27 heavy (non-hydrogen) atoms. The highest BCUT2D eigenvalue weighted by Crippen LogP contribution is 2.17. The number of hydrogen-bond donors (Lipinski definition) is 1. The third kappa shape index (κ3) is 7.28. The average molecular weight is 392 g/mol. The van der Waals surface area contributed by atoms with E-state index in [2.05, 4.69) is 5.32 Å². The van der Waals surface area contributed by atoms with E-state index in [1.165, 1.54) is 4.31 Å². The van der Waals surface area contributed by atoms with Gasteiger partial charge >= 0.3 is 0 Å². The first-order valence-electron chi connectivity index (χ1n) is 8.45. The molecule has 2 rings (SSSR count). The van der Waals surface area contributed by atoms with Gasteiger partial charge in [0, 0.05) is 25.2 Å². The van der Waals surface area contributed by atoms with E-state index in [1.807, 2.05) is 18.2 Å². The van der Waals surface area contributed by atoms with E-state index in [9.17, 15) is 13.2 Å². The highest BCUT2D eigenvalue weighted by molar-refractivity contribution is 7.88. The van der Waals surface area contributed by atoms with Crippen LogP contribution < -0.4 is 14.8 Å². The molecular weight excluding hydrogens is 368 g/mol. The zero-order valence-corrected chi connectivity index (χ0v) is 16.2. The fourth-order valence-electron chi connectivity index (χ4n) is 2.35. The lowest BCUT2D eigenvalue weighted by Crippen LogP contribution is -2.36. The van der Waals surface area contributed by atoms with Gasteiger partial charge < -0.3 is 14.8 Å². The number of anilines is 1. The minimum atomic E-state index is -3.45. The molecule has 8 heteroatoms. The maximum Gasteiger partial charge on any atom is 0.225 e. The highest BCUT2D eigenvalue weighted by atomic mass is 32.2. The molecule has 0 aliphatic carbocycles. The third-order valence-electron chi connectivity index (χ3n) is 3.78. The van der Waals surface area contributed by atoms with Gasteiger partial charge in [-0.15, -0.1) is 0 Å². The lowest BCUT2D eigenvalue weighted by Gasteiger charge is -2.20. The Morgan fingerprint density at radius 2 is 1.63 bits per heavy atom. The zero-order chi connectivity index (χ0) is 19.7. The van der Waals surface area contributed by atoms with Gasteiger partial charge in [0.25, 0.3) is 0 Å². The lowest BCUT2D eigenvalue weighted by molar-refractivity contribution is -0.116. The van der Waals surface area contributed by atoms with Crippen LogP contribution >= 0.6 is 0 Å². The molecule has 0 aliphatic rings. The van der Waals surface area contributed by atoms with Gasteiger partial charge in [0.05, 0.1) is 13.4 Å². The van der Waals surface area contributed by atoms with E-state index >= 15 is 0 Å². The summed E-state index contributed by atoms with van der Waals surface area (Å²) < 4.78 is 35.8. The van der Waals surface area contributed by atoms with E-state index in [1.54, 1.807) is 43.5 Å². The molecule has 1 N–H and O–H groups in total. The lowest BCUT2D eigenvalue weighted by atomic mass is 10.3. The van der Waals surface area contributed by atoms with Crippen LogP contribution in [0.3, 0.4) is 0 Å². The van der Waals surface area contributed by atoms with Gasteiger partial charge in [0.1, 0.15) is 18.1 Å². The Labute approximate surface area is 160 Å². The van der Waals surface area contributed by atoms with Gasteiger partial charge in [0.15, 0.2) is 0 Å². The van der Waals surface area contributed by atoms with Gasteiger partial charge in [-0.3, -0.25) is 4.79 Å². The molecule has 2 aromatic rings. The first-order valence-corrected chi connectivity index (χ1v) is 10.3. The minimum Gasteiger partial charge on any atom is -0.497 e. The molecule has 0 radical (unpaired) electrons. The molecule has 0 aromatic heterocycles. The molecule has 146 valence electrons. The maximum absolute atomic E-state index is 12.0. The summed E-state index contributed by atoms with van der Waals surface area (Å²) in [5.41, 5.74) is 0.677. The number of amides is 1. The van der Waals surface area contributed by atoms with Crippen LogP contribution in [0.15, 0.2) is 54.6 Å². The molecule has 0 fully saturated rings. The van der Waals surface area contributed by atoms with Gasteiger partial charge in [-0.25, -0.2) is 8.42 Å². The van der Waals surface area contributed by atoms with Crippen molar-refractivity contribution in [3.8, 4) is 11.5 Å². The van der Waals surface area contributed by atoms with Crippen LogP contribution in [0, 0.1) is 0 Å². The van der Waals surface area contributed by atoms with E-state index in [0.29, 0.717) is 17.2 Å². The van der Waals surface area contributed by atoms with Crippen LogP contribution in [0.25, 0.3) is 0 Å². The van der Waals surface area contributed by atoms with Crippen molar-refractivity contribution in [2.45, 2.75) is 6.42 Å². The number of nitrogens with one attached hydrogen (secondary N) is 1. The van der Waals surface area contributed by atoms with Crippen molar-refractivity contribution in [1.29, 1.82) is 0 Å². The van der Waals surface area contributed by atoms with Crippen molar-refractivity contribution in [3.05, 3.63) is 54.6 Å². The molecule has 0 saturated heterocycles. The van der Waals surface area contributed by atoms with Crippen molar-refractivity contribution in [2.75, 3.05) is 38.4 Å². The van der Waals surface area contributed by atoms with Crippen molar-refractivity contribution in [3.63, 3.8) is 0 Å². The normalized spacial score (nSPS) is 11.2. The fraction of sp³-hybridized carbons (Fsp3) is 0.316. The summed E-state index contributed by atoms with van der Waals surface area (Å²) in [4.78, 5) is 12.0. The Bertz CT molecular complexity index is 823. The van der Waals surface area contributed by atoms with Crippen LogP contribution in [-0.2, 0) is 14.8 Å². The quantitative estimate of drug-likeness (QED) is 0.671. The van der Waals surface area contributed by atoms with Gasteiger partial charge in [-0.1, -0.05) is 18.2 Å². The largest absolute Gasteiger partial charge is 0.497 e. The summed E-state index contributed by atoms with van der Waals surface area (Å²) in [5.74, 6) is 1.08. The number of ether oxygens (including phenoxy) is 2. The predicted molar refractivity (Wildman–Crippen MR) is 105 cm³/mol. The molecule has 0 spiro atoms. The fourth-order valence-corrected chi connectivity index (χ4v) is 3.18. The Hall–Kier alpha value is -2.58. The standard InChI is InChI=1S/C19H24N2O5S/c1-25-17-8-10-18(11-9-17)26-15-14-21(27(2,23)24)13-12-19(22)20-16-6-4-3-5-7-16/h3-11H,12-15H2,1-2H3,(H,20,22).